The molecule has 2 N–H and O–H groups in total. The van der Waals surface area contributed by atoms with E-state index < -0.39 is 12.0 Å². The molecule has 0 aromatic carbocycles. The van der Waals surface area contributed by atoms with Crippen molar-refractivity contribution in [3.05, 3.63) is 0 Å². The Kier molecular flexibility index (Phi) is 6.49. The molecule has 0 amide bonds. The van der Waals surface area contributed by atoms with Crippen LogP contribution in [0.25, 0.3) is 0 Å². The highest BCUT2D eigenvalue weighted by atomic mass is 16.4. The standard InChI is InChI=1S/C10H21NO3/c1-4-5-9(10(13)14)11(3)7-6-8(2)12/h8-9,12H,4-7H2,1-3H3,(H,13,14). The average molecular weight is 203 g/mol. The number of carboxylic acids is 1. The normalized spacial score (nSPS) is 15.5. The quantitative estimate of drug-likeness (QED) is 0.646. The first-order chi connectivity index (χ1) is 6.49. The Hall–Kier alpha value is -0.610. The van der Waals surface area contributed by atoms with E-state index in [1.165, 1.54) is 0 Å². The third-order valence-corrected chi connectivity index (χ3v) is 2.28. The van der Waals surface area contributed by atoms with E-state index in [0.717, 1.165) is 6.42 Å². The molecular weight excluding hydrogens is 182 g/mol. The first-order valence-corrected chi connectivity index (χ1v) is 5.10. The summed E-state index contributed by atoms with van der Waals surface area (Å²) in [6.07, 6.45) is 1.76. The van der Waals surface area contributed by atoms with Crippen LogP contribution in [0.15, 0.2) is 0 Å². The van der Waals surface area contributed by atoms with Gasteiger partial charge in [0.2, 0.25) is 0 Å². The van der Waals surface area contributed by atoms with Crippen LogP contribution in [0.5, 0.6) is 0 Å². The highest BCUT2D eigenvalue weighted by Crippen LogP contribution is 2.06. The average Bonchev–Trinajstić information content (AvgIpc) is 2.09. The number of aliphatic hydroxyl groups excluding tert-OH is 1. The van der Waals surface area contributed by atoms with Gasteiger partial charge in [-0.05, 0) is 26.8 Å². The zero-order valence-electron chi connectivity index (χ0n) is 9.23. The summed E-state index contributed by atoms with van der Waals surface area (Å²) in [6.45, 7) is 4.30. The SMILES string of the molecule is CCCC(C(=O)O)N(C)CCC(C)O. The van der Waals surface area contributed by atoms with Crippen molar-refractivity contribution in [3.63, 3.8) is 0 Å². The van der Waals surface area contributed by atoms with E-state index in [9.17, 15) is 4.79 Å². The van der Waals surface area contributed by atoms with Gasteiger partial charge in [-0.3, -0.25) is 9.69 Å². The molecule has 0 rings (SSSR count). The smallest absolute Gasteiger partial charge is 0.320 e. The van der Waals surface area contributed by atoms with E-state index in [1.807, 2.05) is 6.92 Å². The molecule has 2 unspecified atom stereocenters. The number of hydrogen-bond donors (Lipinski definition) is 2. The molecule has 0 radical (unpaired) electrons. The van der Waals surface area contributed by atoms with Crippen LogP contribution >= 0.6 is 0 Å². The third-order valence-electron chi connectivity index (χ3n) is 2.28. The second-order valence-electron chi connectivity index (χ2n) is 3.76. The largest absolute Gasteiger partial charge is 0.480 e. The van der Waals surface area contributed by atoms with Gasteiger partial charge in [-0.15, -0.1) is 0 Å². The van der Waals surface area contributed by atoms with Crippen LogP contribution in [0.4, 0.5) is 0 Å². The number of hydrogen-bond acceptors (Lipinski definition) is 3. The van der Waals surface area contributed by atoms with Gasteiger partial charge < -0.3 is 10.2 Å². The minimum absolute atomic E-state index is 0.367. The van der Waals surface area contributed by atoms with Crippen LogP contribution in [-0.2, 0) is 4.79 Å². The number of aliphatic carboxylic acids is 1. The summed E-state index contributed by atoms with van der Waals surface area (Å²) in [5.41, 5.74) is 0. The highest BCUT2D eigenvalue weighted by molar-refractivity contribution is 5.73. The lowest BCUT2D eigenvalue weighted by atomic mass is 10.1. The van der Waals surface area contributed by atoms with Gasteiger partial charge in [0, 0.05) is 6.54 Å². The van der Waals surface area contributed by atoms with Gasteiger partial charge in [-0.25, -0.2) is 0 Å². The number of carboxylic acid groups (broad SMARTS) is 1. The number of rotatable bonds is 7. The summed E-state index contributed by atoms with van der Waals surface area (Å²) >= 11 is 0. The summed E-state index contributed by atoms with van der Waals surface area (Å²) in [5.74, 6) is -0.778. The van der Waals surface area contributed by atoms with E-state index in [1.54, 1.807) is 18.9 Å². The number of nitrogens with zero attached hydrogens (tertiary/aromatic N) is 1. The highest BCUT2D eigenvalue weighted by Gasteiger charge is 2.21. The topological polar surface area (TPSA) is 60.8 Å². The molecule has 14 heavy (non-hydrogen) atoms. The molecule has 0 heterocycles. The van der Waals surface area contributed by atoms with Crippen LogP contribution in [0, 0.1) is 0 Å². The lowest BCUT2D eigenvalue weighted by molar-refractivity contribution is -0.143. The molecule has 0 spiro atoms. The van der Waals surface area contributed by atoms with Gasteiger partial charge >= 0.3 is 5.97 Å². The Morgan fingerprint density at radius 1 is 1.43 bits per heavy atom. The Bertz CT molecular complexity index is 171. The lowest BCUT2D eigenvalue weighted by Gasteiger charge is -2.24. The molecule has 0 saturated heterocycles. The van der Waals surface area contributed by atoms with Gasteiger partial charge in [0.05, 0.1) is 6.10 Å². The predicted molar refractivity (Wildman–Crippen MR) is 55.3 cm³/mol. The van der Waals surface area contributed by atoms with Gasteiger partial charge in [0.1, 0.15) is 6.04 Å². The molecule has 0 aromatic rings. The maximum Gasteiger partial charge on any atom is 0.320 e. The molecule has 0 saturated carbocycles. The van der Waals surface area contributed by atoms with Crippen molar-refractivity contribution in [2.24, 2.45) is 0 Å². The van der Waals surface area contributed by atoms with E-state index >= 15 is 0 Å². The van der Waals surface area contributed by atoms with Crippen LogP contribution in [0.2, 0.25) is 0 Å². The predicted octanol–water partition coefficient (Wildman–Crippen LogP) is 0.942. The van der Waals surface area contributed by atoms with Crippen molar-refractivity contribution < 1.29 is 15.0 Å². The van der Waals surface area contributed by atoms with E-state index in [4.69, 9.17) is 10.2 Å². The molecule has 2 atom stereocenters. The number of likely N-dealkylation sites (N-methyl/N-ethyl adjacent to an activating group) is 1. The second kappa shape index (κ2) is 6.79. The van der Waals surface area contributed by atoms with Crippen molar-refractivity contribution in [2.75, 3.05) is 13.6 Å². The molecule has 0 aliphatic carbocycles. The van der Waals surface area contributed by atoms with Crippen molar-refractivity contribution in [1.29, 1.82) is 0 Å². The summed E-state index contributed by atoms with van der Waals surface area (Å²) in [4.78, 5) is 12.7. The maximum absolute atomic E-state index is 10.9. The lowest BCUT2D eigenvalue weighted by Crippen LogP contribution is -2.39. The van der Waals surface area contributed by atoms with E-state index in [2.05, 4.69) is 0 Å². The summed E-state index contributed by atoms with van der Waals surface area (Å²) in [5, 5.41) is 18.0. The molecule has 0 aromatic heterocycles. The molecule has 0 aliphatic heterocycles. The van der Waals surface area contributed by atoms with Crippen LogP contribution in [0.3, 0.4) is 0 Å². The van der Waals surface area contributed by atoms with Crippen LogP contribution in [0.1, 0.15) is 33.1 Å². The molecule has 4 nitrogen and oxygen atoms in total. The minimum Gasteiger partial charge on any atom is -0.480 e. The summed E-state index contributed by atoms with van der Waals surface area (Å²) < 4.78 is 0. The molecule has 4 heteroatoms. The third kappa shape index (κ3) is 5.19. The molecular formula is C10H21NO3. The molecule has 0 fully saturated rings. The van der Waals surface area contributed by atoms with Crippen molar-refractivity contribution in [2.45, 2.75) is 45.3 Å². The van der Waals surface area contributed by atoms with E-state index in [0.29, 0.717) is 19.4 Å². The summed E-state index contributed by atoms with van der Waals surface area (Å²) in [6, 6.07) is -0.418. The Balaban J connectivity index is 4.01. The van der Waals surface area contributed by atoms with Gasteiger partial charge in [-0.2, -0.15) is 0 Å². The number of carbonyl (C=O) groups is 1. The maximum atomic E-state index is 10.9. The first kappa shape index (κ1) is 13.4. The van der Waals surface area contributed by atoms with Gasteiger partial charge in [-0.1, -0.05) is 13.3 Å². The van der Waals surface area contributed by atoms with Gasteiger partial charge in [0.15, 0.2) is 0 Å². The second-order valence-corrected chi connectivity index (χ2v) is 3.76. The molecule has 0 aliphatic rings. The fraction of sp³-hybridized carbons (Fsp3) is 0.900. The summed E-state index contributed by atoms with van der Waals surface area (Å²) in [7, 11) is 1.79. The Morgan fingerprint density at radius 2 is 2.00 bits per heavy atom. The van der Waals surface area contributed by atoms with Gasteiger partial charge in [0.25, 0.3) is 0 Å². The zero-order valence-corrected chi connectivity index (χ0v) is 9.23. The molecule has 0 bridgehead atoms. The van der Waals surface area contributed by atoms with E-state index in [-0.39, 0.29) is 6.10 Å². The molecule has 84 valence electrons. The fourth-order valence-corrected chi connectivity index (χ4v) is 1.35. The minimum atomic E-state index is -0.778. The first-order valence-electron chi connectivity index (χ1n) is 5.10. The fourth-order valence-electron chi connectivity index (χ4n) is 1.35. The van der Waals surface area contributed by atoms with Crippen molar-refractivity contribution in [3.8, 4) is 0 Å². The zero-order chi connectivity index (χ0) is 11.1. The van der Waals surface area contributed by atoms with Crippen molar-refractivity contribution >= 4 is 5.97 Å². The number of aliphatic hydroxyl groups is 1. The van der Waals surface area contributed by atoms with Crippen LogP contribution in [-0.4, -0.2) is 46.8 Å². The Morgan fingerprint density at radius 3 is 2.36 bits per heavy atom. The monoisotopic (exact) mass is 203 g/mol. The van der Waals surface area contributed by atoms with Crippen LogP contribution < -0.4 is 0 Å². The van der Waals surface area contributed by atoms with Crippen molar-refractivity contribution in [1.82, 2.24) is 4.90 Å². The Labute approximate surface area is 85.5 Å².